The number of hydrogen-bond acceptors (Lipinski definition) is 1. The largest absolute Gasteiger partial charge is 0.276 e. The van der Waals surface area contributed by atoms with Crippen molar-refractivity contribution in [2.75, 3.05) is 19.6 Å². The molecule has 0 unspecified atom stereocenters. The summed E-state index contributed by atoms with van der Waals surface area (Å²) >= 11 is 3.57. The lowest BCUT2D eigenvalue weighted by Crippen LogP contribution is -2.31. The summed E-state index contributed by atoms with van der Waals surface area (Å²) in [6, 6.07) is 20.4. The molecular formula is C22H22BrN2+. The molecule has 1 saturated heterocycles. The average molecular weight is 394 g/mol. The molecular weight excluding hydrogens is 372 g/mol. The first-order chi connectivity index (χ1) is 12.3. The van der Waals surface area contributed by atoms with E-state index >= 15 is 0 Å². The highest BCUT2D eigenvalue weighted by Gasteiger charge is 2.47. The third-order valence-electron chi connectivity index (χ3n) is 5.78. The van der Waals surface area contributed by atoms with Crippen LogP contribution in [-0.2, 0) is 0 Å². The van der Waals surface area contributed by atoms with E-state index in [1.807, 2.05) is 0 Å². The van der Waals surface area contributed by atoms with Crippen LogP contribution < -0.4 is 0 Å². The molecule has 0 bridgehead atoms. The Morgan fingerprint density at radius 2 is 1.72 bits per heavy atom. The fraction of sp³-hybridized carbons (Fsp3) is 0.318. The first-order valence-corrected chi connectivity index (χ1v) is 10.0. The summed E-state index contributed by atoms with van der Waals surface area (Å²) in [5.41, 5.74) is 5.99. The first kappa shape index (κ1) is 15.4. The van der Waals surface area contributed by atoms with Crippen molar-refractivity contribution >= 4 is 27.3 Å². The Morgan fingerprint density at radius 1 is 0.920 bits per heavy atom. The van der Waals surface area contributed by atoms with Crippen LogP contribution in [0.1, 0.15) is 36.4 Å². The van der Waals surface area contributed by atoms with Crippen LogP contribution >= 0.6 is 15.9 Å². The normalized spacial score (nSPS) is 22.4. The quantitative estimate of drug-likeness (QED) is 0.659. The summed E-state index contributed by atoms with van der Waals surface area (Å²) < 4.78 is 3.78. The van der Waals surface area contributed by atoms with Gasteiger partial charge in [0, 0.05) is 21.2 Å². The molecule has 3 aliphatic rings. The van der Waals surface area contributed by atoms with Gasteiger partial charge in [-0.05, 0) is 37.0 Å². The van der Waals surface area contributed by atoms with Crippen molar-refractivity contribution in [1.82, 2.24) is 4.90 Å². The second-order valence-electron chi connectivity index (χ2n) is 7.25. The van der Waals surface area contributed by atoms with Crippen molar-refractivity contribution in [3.63, 3.8) is 0 Å². The van der Waals surface area contributed by atoms with E-state index in [4.69, 9.17) is 0 Å². The van der Waals surface area contributed by atoms with E-state index in [2.05, 4.69) is 80.0 Å². The van der Waals surface area contributed by atoms with Gasteiger partial charge in [-0.2, -0.15) is 0 Å². The smallest absolute Gasteiger partial charge is 0.253 e. The monoisotopic (exact) mass is 393 g/mol. The van der Waals surface area contributed by atoms with Crippen molar-refractivity contribution in [1.29, 1.82) is 0 Å². The van der Waals surface area contributed by atoms with Crippen LogP contribution in [-0.4, -0.2) is 34.9 Å². The Balaban J connectivity index is 1.54. The van der Waals surface area contributed by atoms with Crippen LogP contribution in [0.5, 0.6) is 0 Å². The van der Waals surface area contributed by atoms with E-state index in [0.29, 0.717) is 6.04 Å². The lowest BCUT2D eigenvalue weighted by molar-refractivity contribution is -0.505. The molecule has 126 valence electrons. The van der Waals surface area contributed by atoms with E-state index < -0.39 is 0 Å². The molecule has 1 atom stereocenters. The third-order valence-corrected chi connectivity index (χ3v) is 6.31. The van der Waals surface area contributed by atoms with Gasteiger partial charge in [-0.25, -0.2) is 0 Å². The minimum atomic E-state index is 0.494. The highest BCUT2D eigenvalue weighted by Crippen LogP contribution is 2.39. The molecule has 25 heavy (non-hydrogen) atoms. The van der Waals surface area contributed by atoms with Crippen LogP contribution in [0.15, 0.2) is 64.6 Å². The molecule has 5 rings (SSSR count). The molecule has 3 heterocycles. The molecule has 0 saturated carbocycles. The van der Waals surface area contributed by atoms with E-state index in [0.717, 1.165) is 17.6 Å². The Kier molecular flexibility index (Phi) is 3.78. The summed E-state index contributed by atoms with van der Waals surface area (Å²) in [7, 11) is 0. The van der Waals surface area contributed by atoms with Gasteiger partial charge in [-0.1, -0.05) is 58.4 Å². The van der Waals surface area contributed by atoms with E-state index in [9.17, 15) is 0 Å². The summed E-state index contributed by atoms with van der Waals surface area (Å²) in [6.07, 6.45) is 3.81. The van der Waals surface area contributed by atoms with Gasteiger partial charge in [-0.15, -0.1) is 0 Å². The standard InChI is InChI=1S/C22H22BrN2/c23-18-11-9-17(10-12-18)21-15-24-14-20(16-6-2-1-3-7-16)19-8-4-5-13-25(21)22(19)24/h1-3,6-7,9-12,21H,4-5,8,13-15H2/q+1/t21-/m1/s1. The predicted molar refractivity (Wildman–Crippen MR) is 106 cm³/mol. The molecule has 0 N–H and O–H groups in total. The number of halogens is 1. The van der Waals surface area contributed by atoms with E-state index in [-0.39, 0.29) is 0 Å². The molecule has 2 aromatic rings. The zero-order chi connectivity index (χ0) is 16.8. The maximum absolute atomic E-state index is 3.57. The SMILES string of the molecule is Brc1ccc([C@H]2C[N+]3=C4C(=C(c5ccccc5)C3)CCCCN42)cc1. The van der Waals surface area contributed by atoms with Gasteiger partial charge >= 0.3 is 0 Å². The summed E-state index contributed by atoms with van der Waals surface area (Å²) in [5.74, 6) is 1.52. The molecule has 2 aromatic carbocycles. The second kappa shape index (κ2) is 6.14. The average Bonchev–Trinajstić information content (AvgIpc) is 3.08. The minimum absolute atomic E-state index is 0.494. The number of hydrogen-bond donors (Lipinski definition) is 0. The maximum Gasteiger partial charge on any atom is 0.276 e. The molecule has 0 spiro atoms. The van der Waals surface area contributed by atoms with Gasteiger partial charge < -0.3 is 0 Å². The van der Waals surface area contributed by atoms with Crippen molar-refractivity contribution in [2.24, 2.45) is 0 Å². The van der Waals surface area contributed by atoms with Gasteiger partial charge in [-0.3, -0.25) is 9.48 Å². The predicted octanol–water partition coefficient (Wildman–Crippen LogP) is 4.87. The van der Waals surface area contributed by atoms with Crippen molar-refractivity contribution < 1.29 is 4.58 Å². The zero-order valence-electron chi connectivity index (χ0n) is 14.3. The highest BCUT2D eigenvalue weighted by molar-refractivity contribution is 9.10. The highest BCUT2D eigenvalue weighted by atomic mass is 79.9. The van der Waals surface area contributed by atoms with Crippen LogP contribution in [0.3, 0.4) is 0 Å². The molecule has 3 aliphatic heterocycles. The van der Waals surface area contributed by atoms with Gasteiger partial charge in [0.2, 0.25) is 0 Å². The molecule has 0 radical (unpaired) electrons. The van der Waals surface area contributed by atoms with E-state index in [1.54, 1.807) is 11.1 Å². The number of benzene rings is 2. The van der Waals surface area contributed by atoms with Gasteiger partial charge in [0.05, 0.1) is 6.54 Å². The molecule has 0 aromatic heterocycles. The number of rotatable bonds is 2. The minimum Gasteiger partial charge on any atom is -0.253 e. The molecule has 3 heteroatoms. The van der Waals surface area contributed by atoms with Gasteiger partial charge in [0.1, 0.15) is 13.1 Å². The van der Waals surface area contributed by atoms with Crippen molar-refractivity contribution in [2.45, 2.75) is 25.3 Å². The van der Waals surface area contributed by atoms with Crippen molar-refractivity contribution in [3.05, 3.63) is 75.8 Å². The van der Waals surface area contributed by atoms with Crippen LogP contribution in [0, 0.1) is 0 Å². The third kappa shape index (κ3) is 2.56. The van der Waals surface area contributed by atoms with Crippen LogP contribution in [0.4, 0.5) is 0 Å². The van der Waals surface area contributed by atoms with Crippen LogP contribution in [0.2, 0.25) is 0 Å². The molecule has 1 fully saturated rings. The summed E-state index contributed by atoms with van der Waals surface area (Å²) in [4.78, 5) is 2.68. The fourth-order valence-electron chi connectivity index (χ4n) is 4.63. The van der Waals surface area contributed by atoms with Crippen LogP contribution in [0.25, 0.3) is 5.57 Å². The second-order valence-corrected chi connectivity index (χ2v) is 8.16. The van der Waals surface area contributed by atoms with Crippen molar-refractivity contribution in [3.8, 4) is 0 Å². The van der Waals surface area contributed by atoms with Gasteiger partial charge in [0.25, 0.3) is 5.84 Å². The molecule has 0 amide bonds. The Morgan fingerprint density at radius 3 is 2.52 bits per heavy atom. The number of amidine groups is 1. The zero-order valence-corrected chi connectivity index (χ0v) is 15.9. The fourth-order valence-corrected chi connectivity index (χ4v) is 4.90. The Labute approximate surface area is 157 Å². The Hall–Kier alpha value is -1.87. The van der Waals surface area contributed by atoms with E-state index in [1.165, 1.54) is 42.8 Å². The summed E-state index contributed by atoms with van der Waals surface area (Å²) in [5, 5.41) is 0. The first-order valence-electron chi connectivity index (χ1n) is 9.23. The topological polar surface area (TPSA) is 6.25 Å². The Bertz CT molecular complexity index is 865. The summed E-state index contributed by atoms with van der Waals surface area (Å²) in [6.45, 7) is 3.35. The lowest BCUT2D eigenvalue weighted by atomic mass is 9.97. The maximum atomic E-state index is 3.57. The molecule has 2 nitrogen and oxygen atoms in total. The molecule has 0 aliphatic carbocycles. The number of nitrogens with zero attached hydrogens (tertiary/aromatic N) is 2. The lowest BCUT2D eigenvalue weighted by Gasteiger charge is -2.20. The van der Waals surface area contributed by atoms with Gasteiger partial charge in [0.15, 0.2) is 6.04 Å².